The molecule has 0 radical (unpaired) electrons. The summed E-state index contributed by atoms with van der Waals surface area (Å²) in [5.74, 6) is 1.37. The Bertz CT molecular complexity index is 459. The van der Waals surface area contributed by atoms with Crippen LogP contribution in [0.3, 0.4) is 0 Å². The van der Waals surface area contributed by atoms with E-state index in [2.05, 4.69) is 59.9 Å². The van der Waals surface area contributed by atoms with Gasteiger partial charge in [-0.05, 0) is 24.0 Å². The second-order valence-electron chi connectivity index (χ2n) is 4.90. The molecule has 0 saturated carbocycles. The predicted molar refractivity (Wildman–Crippen MR) is 80.0 cm³/mol. The maximum Gasteiger partial charge on any atom is 0.0949 e. The van der Waals surface area contributed by atoms with Crippen molar-refractivity contribution in [1.82, 2.24) is 4.98 Å². The van der Waals surface area contributed by atoms with Gasteiger partial charge in [0, 0.05) is 11.2 Å². The lowest BCUT2D eigenvalue weighted by Crippen LogP contribution is -2.18. The van der Waals surface area contributed by atoms with E-state index in [0.29, 0.717) is 16.7 Å². The summed E-state index contributed by atoms with van der Waals surface area (Å²) in [5, 5.41) is 1.24. The summed E-state index contributed by atoms with van der Waals surface area (Å²) in [4.78, 5) is 5.20. The molecule has 1 heterocycles. The first kappa shape index (κ1) is 13.0. The lowest BCUT2D eigenvalue weighted by molar-refractivity contribution is 0.407. The van der Waals surface area contributed by atoms with E-state index in [0.717, 1.165) is 11.9 Å². The van der Waals surface area contributed by atoms with Crippen molar-refractivity contribution in [3.63, 3.8) is 0 Å². The summed E-state index contributed by atoms with van der Waals surface area (Å²) >= 11 is 5.62. The van der Waals surface area contributed by atoms with Crippen LogP contribution in [0.4, 0.5) is 0 Å². The second-order valence-corrected chi connectivity index (χ2v) is 7.19. The van der Waals surface area contributed by atoms with E-state index in [1.807, 2.05) is 17.4 Å². The van der Waals surface area contributed by atoms with E-state index in [4.69, 9.17) is 0 Å². The van der Waals surface area contributed by atoms with Gasteiger partial charge in [0.15, 0.2) is 0 Å². The lowest BCUT2D eigenvalue weighted by Gasteiger charge is -2.20. The molecule has 1 aromatic heterocycles. The molecule has 0 spiro atoms. The third-order valence-corrected chi connectivity index (χ3v) is 5.55. The van der Waals surface area contributed by atoms with Crippen molar-refractivity contribution in [2.24, 2.45) is 11.8 Å². The number of fused-ring (bicyclic) bond motifs is 1. The molecule has 2 unspecified atom stereocenters. The van der Waals surface area contributed by atoms with Crippen LogP contribution in [0, 0.1) is 11.8 Å². The van der Waals surface area contributed by atoms with Gasteiger partial charge in [0.25, 0.3) is 0 Å². The summed E-state index contributed by atoms with van der Waals surface area (Å²) in [6.45, 7) is 6.85. The first-order valence-corrected chi connectivity index (χ1v) is 7.79. The number of thiazole rings is 1. The molecule has 2 aromatic rings. The number of para-hydroxylation sites is 1. The molecule has 0 saturated heterocycles. The fourth-order valence-electron chi connectivity index (χ4n) is 1.78. The van der Waals surface area contributed by atoms with Gasteiger partial charge in [-0.1, -0.05) is 48.8 Å². The van der Waals surface area contributed by atoms with Crippen LogP contribution >= 0.6 is 27.3 Å². The van der Waals surface area contributed by atoms with Crippen molar-refractivity contribution in [1.29, 1.82) is 0 Å². The van der Waals surface area contributed by atoms with Gasteiger partial charge in [0.05, 0.1) is 15.2 Å². The smallest absolute Gasteiger partial charge is 0.0949 e. The van der Waals surface area contributed by atoms with Crippen LogP contribution in [0.1, 0.15) is 25.8 Å². The highest BCUT2D eigenvalue weighted by Gasteiger charge is 2.19. The molecule has 1 nitrogen and oxygen atoms in total. The van der Waals surface area contributed by atoms with Gasteiger partial charge in [0.2, 0.25) is 0 Å². The number of benzene rings is 1. The zero-order valence-corrected chi connectivity index (χ0v) is 12.9. The first-order valence-electron chi connectivity index (χ1n) is 6.06. The molecule has 0 aliphatic heterocycles. The minimum atomic E-state index is 0.517. The Morgan fingerprint density at radius 1 is 1.24 bits per heavy atom. The van der Waals surface area contributed by atoms with Gasteiger partial charge in [-0.25, -0.2) is 4.98 Å². The second kappa shape index (κ2) is 5.49. The molecular weight excluding hydrogens is 294 g/mol. The molecule has 1 aromatic carbocycles. The summed E-state index contributed by atoms with van der Waals surface area (Å²) in [6, 6.07) is 8.36. The molecule has 0 aliphatic carbocycles. The third-order valence-electron chi connectivity index (χ3n) is 3.33. The number of hydrogen-bond donors (Lipinski definition) is 0. The first-order chi connectivity index (χ1) is 8.08. The fourth-order valence-corrected chi connectivity index (χ4v) is 3.93. The highest BCUT2D eigenvalue weighted by molar-refractivity contribution is 9.09. The SMILES string of the molecule is CC(C)C(C)C(Br)Cc1nc2ccccc2s1. The average molecular weight is 312 g/mol. The van der Waals surface area contributed by atoms with Gasteiger partial charge in [-0.2, -0.15) is 0 Å². The van der Waals surface area contributed by atoms with Crippen LogP contribution in [-0.4, -0.2) is 9.81 Å². The normalized spacial score (nSPS) is 15.4. The van der Waals surface area contributed by atoms with Gasteiger partial charge in [-0.15, -0.1) is 11.3 Å². The Morgan fingerprint density at radius 2 is 1.94 bits per heavy atom. The molecular formula is C14H18BrNS. The fraction of sp³-hybridized carbons (Fsp3) is 0.500. The number of aromatic nitrogens is 1. The molecule has 17 heavy (non-hydrogen) atoms. The Hall–Kier alpha value is -0.410. The van der Waals surface area contributed by atoms with Crippen LogP contribution in [0.15, 0.2) is 24.3 Å². The van der Waals surface area contributed by atoms with Crippen LogP contribution in [0.5, 0.6) is 0 Å². The van der Waals surface area contributed by atoms with E-state index >= 15 is 0 Å². The summed E-state index contributed by atoms with van der Waals surface area (Å²) < 4.78 is 1.29. The van der Waals surface area contributed by atoms with Gasteiger partial charge in [0.1, 0.15) is 0 Å². The van der Waals surface area contributed by atoms with E-state index in [1.165, 1.54) is 9.71 Å². The Balaban J connectivity index is 2.13. The maximum atomic E-state index is 4.68. The van der Waals surface area contributed by atoms with Gasteiger partial charge >= 0.3 is 0 Å². The minimum absolute atomic E-state index is 0.517. The van der Waals surface area contributed by atoms with Gasteiger partial charge < -0.3 is 0 Å². The number of halogens is 1. The maximum absolute atomic E-state index is 4.68. The van der Waals surface area contributed by atoms with E-state index in [-0.39, 0.29) is 0 Å². The van der Waals surface area contributed by atoms with Crippen molar-refractivity contribution in [3.05, 3.63) is 29.3 Å². The van der Waals surface area contributed by atoms with Crippen LogP contribution in [-0.2, 0) is 6.42 Å². The number of rotatable bonds is 4. The molecule has 0 amide bonds. The zero-order valence-electron chi connectivity index (χ0n) is 10.5. The molecule has 3 heteroatoms. The molecule has 0 bridgehead atoms. The van der Waals surface area contributed by atoms with Crippen molar-refractivity contribution >= 4 is 37.5 Å². The van der Waals surface area contributed by atoms with Crippen molar-refractivity contribution in [3.8, 4) is 0 Å². The molecule has 0 N–H and O–H groups in total. The molecule has 0 aliphatic rings. The molecule has 2 atom stereocenters. The molecule has 92 valence electrons. The highest BCUT2D eigenvalue weighted by Crippen LogP contribution is 2.28. The standard InChI is InChI=1S/C14H18BrNS/c1-9(2)10(3)11(15)8-14-16-12-6-4-5-7-13(12)17-14/h4-7,9-11H,8H2,1-3H3. The number of alkyl halides is 1. The zero-order chi connectivity index (χ0) is 12.4. The van der Waals surface area contributed by atoms with Gasteiger partial charge in [-0.3, -0.25) is 0 Å². The minimum Gasteiger partial charge on any atom is -0.241 e. The molecule has 2 rings (SSSR count). The monoisotopic (exact) mass is 311 g/mol. The predicted octanol–water partition coefficient (Wildman–Crippen LogP) is 4.89. The van der Waals surface area contributed by atoms with E-state index < -0.39 is 0 Å². The third kappa shape index (κ3) is 3.08. The summed E-state index contributed by atoms with van der Waals surface area (Å²) in [7, 11) is 0. The summed E-state index contributed by atoms with van der Waals surface area (Å²) in [6.07, 6.45) is 1.03. The highest BCUT2D eigenvalue weighted by atomic mass is 79.9. The lowest BCUT2D eigenvalue weighted by atomic mass is 9.93. The Morgan fingerprint density at radius 3 is 2.59 bits per heavy atom. The van der Waals surface area contributed by atoms with E-state index in [9.17, 15) is 0 Å². The largest absolute Gasteiger partial charge is 0.241 e. The topological polar surface area (TPSA) is 12.9 Å². The van der Waals surface area contributed by atoms with Crippen molar-refractivity contribution in [2.45, 2.75) is 32.0 Å². The average Bonchev–Trinajstić information content (AvgIpc) is 2.69. The van der Waals surface area contributed by atoms with Crippen LogP contribution < -0.4 is 0 Å². The molecule has 0 fully saturated rings. The summed E-state index contributed by atoms with van der Waals surface area (Å²) in [5.41, 5.74) is 1.13. The van der Waals surface area contributed by atoms with Crippen LogP contribution in [0.2, 0.25) is 0 Å². The number of nitrogens with zero attached hydrogens (tertiary/aromatic N) is 1. The quantitative estimate of drug-likeness (QED) is 0.732. The number of hydrogen-bond acceptors (Lipinski definition) is 2. The van der Waals surface area contributed by atoms with Crippen LogP contribution in [0.25, 0.3) is 10.2 Å². The van der Waals surface area contributed by atoms with Crippen molar-refractivity contribution in [2.75, 3.05) is 0 Å². The van der Waals surface area contributed by atoms with E-state index in [1.54, 1.807) is 0 Å². The Labute approximate surface area is 115 Å². The Kier molecular flexibility index (Phi) is 4.21. The van der Waals surface area contributed by atoms with Crippen molar-refractivity contribution < 1.29 is 0 Å².